The molecule has 0 aliphatic carbocycles. The van der Waals surface area contributed by atoms with Gasteiger partial charge in [-0.3, -0.25) is 0 Å². The first kappa shape index (κ1) is 34.0. The van der Waals surface area contributed by atoms with Crippen LogP contribution in [0.25, 0.3) is 0 Å². The first-order valence-electron chi connectivity index (χ1n) is 16.3. The maximum Gasteiger partial charge on any atom is 0.161 e. The average Bonchev–Trinajstić information content (AvgIpc) is 3.10. The standard InChI is InChI=1S/C38H42O11/c1-39-23-27-3-7-31-35(19-27)46-15-11-44-33-9-5-29(21-37(33)48-17-13-42-31)25-41-26-30-6-10-34-38(22-30)49-18-14-43-32-8-4-28(24-40-2)20-36(32)47-16-12-45-34/h3-10,19-22H,11-18,23-26H2,1-2H3. The van der Waals surface area contributed by atoms with Gasteiger partial charge in [0.1, 0.15) is 52.9 Å². The van der Waals surface area contributed by atoms with Gasteiger partial charge >= 0.3 is 0 Å². The first-order chi connectivity index (χ1) is 24.2. The van der Waals surface area contributed by atoms with Gasteiger partial charge in [-0.25, -0.2) is 0 Å². The van der Waals surface area contributed by atoms with Gasteiger partial charge in [-0.1, -0.05) is 24.3 Å². The van der Waals surface area contributed by atoms with Crippen molar-refractivity contribution in [2.24, 2.45) is 0 Å². The fourth-order valence-electron chi connectivity index (χ4n) is 5.33. The number of methoxy groups -OCH3 is 2. The van der Waals surface area contributed by atoms with Gasteiger partial charge in [0.15, 0.2) is 46.0 Å². The second kappa shape index (κ2) is 17.5. The summed E-state index contributed by atoms with van der Waals surface area (Å²) in [6.45, 7) is 4.44. The lowest BCUT2D eigenvalue weighted by Gasteiger charge is -2.19. The van der Waals surface area contributed by atoms with Crippen LogP contribution in [0.1, 0.15) is 22.3 Å². The number of benzene rings is 4. The van der Waals surface area contributed by atoms with Gasteiger partial charge in [-0.05, 0) is 70.8 Å². The highest BCUT2D eigenvalue weighted by Crippen LogP contribution is 2.34. The maximum absolute atomic E-state index is 6.09. The third kappa shape index (κ3) is 9.62. The van der Waals surface area contributed by atoms with E-state index in [1.54, 1.807) is 14.2 Å². The summed E-state index contributed by atoms with van der Waals surface area (Å²) in [6.07, 6.45) is 0. The lowest BCUT2D eigenvalue weighted by Crippen LogP contribution is -2.15. The molecule has 11 heteroatoms. The molecule has 6 rings (SSSR count). The second-order valence-corrected chi connectivity index (χ2v) is 11.3. The number of fused-ring (bicyclic) bond motifs is 4. The third-order valence-corrected chi connectivity index (χ3v) is 7.59. The minimum Gasteiger partial charge on any atom is -0.486 e. The zero-order chi connectivity index (χ0) is 33.7. The van der Waals surface area contributed by atoms with Crippen molar-refractivity contribution >= 4 is 0 Å². The molecular formula is C38H42O11. The molecule has 0 saturated carbocycles. The summed E-state index contributed by atoms with van der Waals surface area (Å²) in [5, 5.41) is 0. The zero-order valence-corrected chi connectivity index (χ0v) is 27.9. The Morgan fingerprint density at radius 3 is 0.857 bits per heavy atom. The van der Waals surface area contributed by atoms with Crippen molar-refractivity contribution in [3.63, 3.8) is 0 Å². The van der Waals surface area contributed by atoms with Crippen molar-refractivity contribution < 1.29 is 52.1 Å². The fourth-order valence-corrected chi connectivity index (χ4v) is 5.33. The van der Waals surface area contributed by atoms with Crippen LogP contribution in [-0.2, 0) is 40.6 Å². The van der Waals surface area contributed by atoms with Crippen molar-refractivity contribution in [3.05, 3.63) is 95.1 Å². The van der Waals surface area contributed by atoms with Gasteiger partial charge < -0.3 is 52.1 Å². The molecule has 4 aromatic rings. The first-order valence-corrected chi connectivity index (χ1v) is 16.3. The molecule has 0 unspecified atom stereocenters. The van der Waals surface area contributed by atoms with Gasteiger partial charge in [0, 0.05) is 14.2 Å². The Morgan fingerprint density at radius 1 is 0.347 bits per heavy atom. The summed E-state index contributed by atoms with van der Waals surface area (Å²) < 4.78 is 64.6. The Hall–Kier alpha value is -4.84. The van der Waals surface area contributed by atoms with E-state index in [1.807, 2.05) is 72.8 Å². The highest BCUT2D eigenvalue weighted by molar-refractivity contribution is 5.46. The molecule has 0 spiro atoms. The molecule has 260 valence electrons. The number of rotatable bonds is 8. The molecule has 0 amide bonds. The van der Waals surface area contributed by atoms with Crippen molar-refractivity contribution in [2.45, 2.75) is 26.4 Å². The molecule has 49 heavy (non-hydrogen) atoms. The summed E-state index contributed by atoms with van der Waals surface area (Å²) in [5.74, 6) is 5.11. The van der Waals surface area contributed by atoms with Gasteiger partial charge in [-0.2, -0.15) is 0 Å². The molecule has 0 fully saturated rings. The zero-order valence-electron chi connectivity index (χ0n) is 27.9. The van der Waals surface area contributed by atoms with E-state index in [-0.39, 0.29) is 0 Å². The van der Waals surface area contributed by atoms with Crippen LogP contribution in [0.2, 0.25) is 0 Å². The SMILES string of the molecule is COCc1ccc2c(c1)OCCOc1ccc(COCc3ccc4c(c3)OCCOc3ccc(COC)cc3OCCO4)cc1OCCO2. The molecule has 0 bridgehead atoms. The van der Waals surface area contributed by atoms with Gasteiger partial charge in [0.05, 0.1) is 26.4 Å². The quantitative estimate of drug-likeness (QED) is 0.215. The molecule has 11 nitrogen and oxygen atoms in total. The Balaban J connectivity index is 1.02. The van der Waals surface area contributed by atoms with E-state index in [9.17, 15) is 0 Å². The number of hydrogen-bond acceptors (Lipinski definition) is 11. The highest BCUT2D eigenvalue weighted by atomic mass is 16.6. The highest BCUT2D eigenvalue weighted by Gasteiger charge is 2.14. The second-order valence-electron chi connectivity index (χ2n) is 11.3. The monoisotopic (exact) mass is 674 g/mol. The third-order valence-electron chi connectivity index (χ3n) is 7.59. The topological polar surface area (TPSA) is 102 Å². The predicted octanol–water partition coefficient (Wildman–Crippen LogP) is 6.15. The molecule has 4 aromatic carbocycles. The van der Waals surface area contributed by atoms with Crippen molar-refractivity contribution in [1.29, 1.82) is 0 Å². The number of ether oxygens (including phenoxy) is 11. The van der Waals surface area contributed by atoms with E-state index in [1.165, 1.54) is 0 Å². The Morgan fingerprint density at radius 2 is 0.592 bits per heavy atom. The summed E-state index contributed by atoms with van der Waals surface area (Å²) >= 11 is 0. The molecule has 2 aliphatic heterocycles. The van der Waals surface area contributed by atoms with Crippen LogP contribution in [0.15, 0.2) is 72.8 Å². The van der Waals surface area contributed by atoms with Gasteiger partial charge in [0.2, 0.25) is 0 Å². The van der Waals surface area contributed by atoms with Crippen LogP contribution in [0.4, 0.5) is 0 Å². The van der Waals surface area contributed by atoms with Crippen molar-refractivity contribution in [3.8, 4) is 46.0 Å². The lowest BCUT2D eigenvalue weighted by atomic mass is 10.2. The predicted molar refractivity (Wildman–Crippen MR) is 180 cm³/mol. The van der Waals surface area contributed by atoms with E-state index in [2.05, 4.69) is 0 Å². The summed E-state index contributed by atoms with van der Waals surface area (Å²) in [7, 11) is 3.32. The largest absolute Gasteiger partial charge is 0.486 e. The van der Waals surface area contributed by atoms with Crippen molar-refractivity contribution in [1.82, 2.24) is 0 Å². The lowest BCUT2D eigenvalue weighted by molar-refractivity contribution is 0.106. The van der Waals surface area contributed by atoms with Crippen LogP contribution in [0.3, 0.4) is 0 Å². The Bertz CT molecular complexity index is 1540. The Kier molecular flexibility index (Phi) is 12.2. The van der Waals surface area contributed by atoms with Crippen LogP contribution in [0, 0.1) is 0 Å². The van der Waals surface area contributed by atoms with Crippen LogP contribution in [0.5, 0.6) is 46.0 Å². The molecular weight excluding hydrogens is 632 g/mol. The van der Waals surface area contributed by atoms with Crippen LogP contribution >= 0.6 is 0 Å². The molecule has 2 heterocycles. The molecule has 2 aliphatic rings. The minimum atomic E-state index is 0.329. The number of hydrogen-bond donors (Lipinski definition) is 0. The fraction of sp³-hybridized carbons (Fsp3) is 0.368. The summed E-state index contributed by atoms with van der Waals surface area (Å²) in [5.41, 5.74) is 3.89. The summed E-state index contributed by atoms with van der Waals surface area (Å²) in [4.78, 5) is 0. The van der Waals surface area contributed by atoms with Crippen LogP contribution < -0.4 is 37.9 Å². The van der Waals surface area contributed by atoms with Gasteiger partial charge in [-0.15, -0.1) is 0 Å². The normalized spacial score (nSPS) is 14.7. The summed E-state index contributed by atoms with van der Waals surface area (Å²) in [6, 6.07) is 23.1. The van der Waals surface area contributed by atoms with E-state index < -0.39 is 0 Å². The smallest absolute Gasteiger partial charge is 0.161 e. The molecule has 0 atom stereocenters. The molecule has 0 aromatic heterocycles. The minimum absolute atomic E-state index is 0.329. The average molecular weight is 675 g/mol. The van der Waals surface area contributed by atoms with E-state index in [0.717, 1.165) is 22.3 Å². The van der Waals surface area contributed by atoms with E-state index in [0.29, 0.717) is 125 Å². The van der Waals surface area contributed by atoms with Crippen molar-refractivity contribution in [2.75, 3.05) is 67.1 Å². The van der Waals surface area contributed by atoms with E-state index >= 15 is 0 Å². The molecule has 0 N–H and O–H groups in total. The Labute approximate surface area is 286 Å². The molecule has 0 radical (unpaired) electrons. The molecule has 0 saturated heterocycles. The maximum atomic E-state index is 6.09. The van der Waals surface area contributed by atoms with E-state index in [4.69, 9.17) is 52.1 Å². The van der Waals surface area contributed by atoms with Crippen LogP contribution in [-0.4, -0.2) is 67.1 Å². The van der Waals surface area contributed by atoms with Gasteiger partial charge in [0.25, 0.3) is 0 Å².